The van der Waals surface area contributed by atoms with Gasteiger partial charge in [-0.15, -0.1) is 0 Å². The van der Waals surface area contributed by atoms with Crippen molar-refractivity contribution in [3.05, 3.63) is 34.4 Å². The van der Waals surface area contributed by atoms with Crippen LogP contribution >= 0.6 is 0 Å². The van der Waals surface area contributed by atoms with E-state index in [0.29, 0.717) is 5.92 Å². The molecule has 2 aliphatic carbocycles. The van der Waals surface area contributed by atoms with E-state index in [2.05, 4.69) is 46.8 Å². The molecule has 1 N–H and O–H groups in total. The predicted octanol–water partition coefficient (Wildman–Crippen LogP) is 5.57. The highest BCUT2D eigenvalue weighted by atomic mass is 16.3. The molecule has 0 aromatic carbocycles. The first kappa shape index (κ1) is 16.5. The lowest BCUT2D eigenvalue weighted by atomic mass is 9.72. The van der Waals surface area contributed by atoms with Gasteiger partial charge in [0.1, 0.15) is 0 Å². The lowest BCUT2D eigenvalue weighted by molar-refractivity contribution is 0.172. The molecule has 3 atom stereocenters. The summed E-state index contributed by atoms with van der Waals surface area (Å²) in [5.41, 5.74) is 5.89. The Kier molecular flexibility index (Phi) is 5.14. The van der Waals surface area contributed by atoms with Gasteiger partial charge in [0.05, 0.1) is 6.10 Å². The van der Waals surface area contributed by atoms with Gasteiger partial charge in [-0.05, 0) is 83.1 Å². The van der Waals surface area contributed by atoms with E-state index >= 15 is 0 Å². The van der Waals surface area contributed by atoms with Crippen molar-refractivity contribution in [1.82, 2.24) is 0 Å². The van der Waals surface area contributed by atoms with Crippen molar-refractivity contribution in [3.63, 3.8) is 0 Å². The lowest BCUT2D eigenvalue weighted by Gasteiger charge is -2.31. The molecule has 0 saturated heterocycles. The number of aliphatic hydroxyl groups is 1. The fourth-order valence-corrected chi connectivity index (χ4v) is 4.24. The first-order valence-electron chi connectivity index (χ1n) is 8.50. The second-order valence-electron chi connectivity index (χ2n) is 7.76. The zero-order valence-electron chi connectivity index (χ0n) is 14.5. The molecule has 2 aliphatic rings. The molecule has 0 bridgehead atoms. The summed E-state index contributed by atoms with van der Waals surface area (Å²) in [4.78, 5) is 0. The third-order valence-corrected chi connectivity index (χ3v) is 5.59. The Bertz CT molecular complexity index is 476. The zero-order chi connectivity index (χ0) is 15.6. The first-order chi connectivity index (χ1) is 9.83. The minimum absolute atomic E-state index is 0.220. The number of hydrogen-bond donors (Lipinski definition) is 1. The Labute approximate surface area is 130 Å². The smallest absolute Gasteiger partial charge is 0.0761 e. The zero-order valence-corrected chi connectivity index (χ0v) is 14.5. The Morgan fingerprint density at radius 1 is 1.14 bits per heavy atom. The summed E-state index contributed by atoms with van der Waals surface area (Å²) in [6.45, 7) is 11.2. The molecule has 118 valence electrons. The molecule has 1 saturated carbocycles. The van der Waals surface area contributed by atoms with Gasteiger partial charge in [0, 0.05) is 0 Å². The third kappa shape index (κ3) is 3.69. The van der Waals surface area contributed by atoms with Gasteiger partial charge in [-0.3, -0.25) is 0 Å². The summed E-state index contributed by atoms with van der Waals surface area (Å²) < 4.78 is 0. The van der Waals surface area contributed by atoms with Crippen LogP contribution in [-0.2, 0) is 0 Å². The van der Waals surface area contributed by atoms with E-state index in [1.54, 1.807) is 0 Å². The van der Waals surface area contributed by atoms with Crippen LogP contribution in [0.3, 0.4) is 0 Å². The van der Waals surface area contributed by atoms with Crippen molar-refractivity contribution in [3.8, 4) is 0 Å². The molecule has 21 heavy (non-hydrogen) atoms. The quantitative estimate of drug-likeness (QED) is 0.578. The summed E-state index contributed by atoms with van der Waals surface area (Å²) in [5.74, 6) is 0.531. The van der Waals surface area contributed by atoms with Crippen LogP contribution in [0.15, 0.2) is 34.4 Å². The second-order valence-corrected chi connectivity index (χ2v) is 7.76. The molecule has 0 heterocycles. The molecule has 0 radical (unpaired) electrons. The maximum Gasteiger partial charge on any atom is 0.0761 e. The van der Waals surface area contributed by atoms with Crippen LogP contribution in [-0.4, -0.2) is 11.2 Å². The molecule has 2 rings (SSSR count). The number of allylic oxidation sites excluding steroid dienone is 5. The molecule has 0 aromatic heterocycles. The molecule has 1 heteroatoms. The normalized spacial score (nSPS) is 39.6. The first-order valence-corrected chi connectivity index (χ1v) is 8.50. The Hall–Kier alpha value is -0.820. The van der Waals surface area contributed by atoms with Crippen molar-refractivity contribution >= 4 is 0 Å². The average molecular weight is 288 g/mol. The summed E-state index contributed by atoms with van der Waals surface area (Å²) in [6.07, 6.45) is 11.3. The standard InChI is InChI=1S/C20H32O/c1-14(2)19-17-10-9-15(3)7-6-8-16(4)11-12-20(17,5)13-18(19)21/h7,11,17-18,21H,6,8-10,12-13H2,1-5H3/b15-7-,16-11-/t17-,18-,20-/m1/s1. The number of fused-ring (bicyclic) bond motifs is 1. The Balaban J connectivity index is 2.37. The summed E-state index contributed by atoms with van der Waals surface area (Å²) in [7, 11) is 0. The van der Waals surface area contributed by atoms with E-state index in [4.69, 9.17) is 0 Å². The summed E-state index contributed by atoms with van der Waals surface area (Å²) >= 11 is 0. The molecule has 0 aliphatic heterocycles. The maximum absolute atomic E-state index is 10.6. The van der Waals surface area contributed by atoms with Crippen LogP contribution in [0.2, 0.25) is 0 Å². The largest absolute Gasteiger partial charge is 0.389 e. The van der Waals surface area contributed by atoms with E-state index in [9.17, 15) is 5.11 Å². The summed E-state index contributed by atoms with van der Waals surface area (Å²) in [6, 6.07) is 0. The average Bonchev–Trinajstić information content (AvgIpc) is 2.64. The van der Waals surface area contributed by atoms with E-state index in [-0.39, 0.29) is 11.5 Å². The highest BCUT2D eigenvalue weighted by molar-refractivity contribution is 5.28. The van der Waals surface area contributed by atoms with Crippen LogP contribution in [0, 0.1) is 11.3 Å². The SMILES string of the molecule is CC(C)=C1[C@H](O)C[C@@]2(C)C/C=C(/C)CC/C=C(/C)CC[C@H]12. The molecule has 0 spiro atoms. The van der Waals surface area contributed by atoms with Gasteiger partial charge in [0.15, 0.2) is 0 Å². The number of hydrogen-bond acceptors (Lipinski definition) is 1. The highest BCUT2D eigenvalue weighted by Crippen LogP contribution is 2.52. The van der Waals surface area contributed by atoms with Crippen molar-refractivity contribution in [2.75, 3.05) is 0 Å². The van der Waals surface area contributed by atoms with Crippen LogP contribution in [0.25, 0.3) is 0 Å². The van der Waals surface area contributed by atoms with Crippen molar-refractivity contribution in [2.24, 2.45) is 11.3 Å². The van der Waals surface area contributed by atoms with Crippen molar-refractivity contribution < 1.29 is 5.11 Å². The van der Waals surface area contributed by atoms with Gasteiger partial charge in [0.2, 0.25) is 0 Å². The van der Waals surface area contributed by atoms with Crippen LogP contribution < -0.4 is 0 Å². The molecule has 0 aromatic rings. The predicted molar refractivity (Wildman–Crippen MR) is 91.2 cm³/mol. The van der Waals surface area contributed by atoms with Crippen LogP contribution in [0.4, 0.5) is 0 Å². The number of aliphatic hydroxyl groups excluding tert-OH is 1. The minimum Gasteiger partial charge on any atom is -0.389 e. The Morgan fingerprint density at radius 3 is 2.48 bits per heavy atom. The Morgan fingerprint density at radius 2 is 1.81 bits per heavy atom. The monoisotopic (exact) mass is 288 g/mol. The molecule has 1 nitrogen and oxygen atoms in total. The summed E-state index contributed by atoms with van der Waals surface area (Å²) in [5, 5.41) is 10.6. The molecule has 0 unspecified atom stereocenters. The fraction of sp³-hybridized carbons (Fsp3) is 0.700. The molecular weight excluding hydrogens is 256 g/mol. The van der Waals surface area contributed by atoms with Gasteiger partial charge in [-0.2, -0.15) is 0 Å². The minimum atomic E-state index is -0.231. The fourth-order valence-electron chi connectivity index (χ4n) is 4.24. The maximum atomic E-state index is 10.6. The third-order valence-electron chi connectivity index (χ3n) is 5.59. The van der Waals surface area contributed by atoms with Gasteiger partial charge in [-0.1, -0.05) is 35.8 Å². The van der Waals surface area contributed by atoms with Gasteiger partial charge in [0.25, 0.3) is 0 Å². The highest BCUT2D eigenvalue weighted by Gasteiger charge is 2.45. The van der Waals surface area contributed by atoms with Crippen LogP contribution in [0.5, 0.6) is 0 Å². The number of rotatable bonds is 0. The van der Waals surface area contributed by atoms with Crippen LogP contribution in [0.1, 0.15) is 73.1 Å². The van der Waals surface area contributed by atoms with Crippen molar-refractivity contribution in [1.29, 1.82) is 0 Å². The molecular formula is C20H32O. The van der Waals surface area contributed by atoms with Gasteiger partial charge in [-0.25, -0.2) is 0 Å². The van der Waals surface area contributed by atoms with E-state index in [0.717, 1.165) is 12.8 Å². The second kappa shape index (κ2) is 6.52. The van der Waals surface area contributed by atoms with Gasteiger partial charge < -0.3 is 5.11 Å². The lowest BCUT2D eigenvalue weighted by Crippen LogP contribution is -2.22. The van der Waals surface area contributed by atoms with Crippen molar-refractivity contribution in [2.45, 2.75) is 79.2 Å². The van der Waals surface area contributed by atoms with Gasteiger partial charge >= 0.3 is 0 Å². The molecule has 1 fully saturated rings. The van der Waals surface area contributed by atoms with E-state index in [1.807, 2.05) is 0 Å². The molecule has 0 amide bonds. The van der Waals surface area contributed by atoms with E-state index < -0.39 is 0 Å². The van der Waals surface area contributed by atoms with E-state index in [1.165, 1.54) is 48.0 Å². The topological polar surface area (TPSA) is 20.2 Å².